The van der Waals surface area contributed by atoms with E-state index >= 15 is 0 Å². The first-order valence-electron chi connectivity index (χ1n) is 14.5. The van der Waals surface area contributed by atoms with Crippen molar-refractivity contribution in [3.05, 3.63) is 157 Å². The largest absolute Gasteiger partial charge is 0.309 e. The molecule has 0 saturated carbocycles. The molecule has 8 aromatic rings. The summed E-state index contributed by atoms with van der Waals surface area (Å²) in [7, 11) is 0. The van der Waals surface area contributed by atoms with E-state index < -0.39 is 0 Å². The van der Waals surface area contributed by atoms with Crippen LogP contribution in [0.15, 0.2) is 152 Å². The lowest BCUT2D eigenvalue weighted by atomic mass is 10.0. The van der Waals surface area contributed by atoms with Crippen LogP contribution in [0.2, 0.25) is 5.02 Å². The van der Waals surface area contributed by atoms with Crippen LogP contribution in [0.3, 0.4) is 0 Å². The van der Waals surface area contributed by atoms with Gasteiger partial charge in [0.05, 0.1) is 11.0 Å². The third kappa shape index (κ3) is 4.72. The number of hydrogen-bond donors (Lipinski definition) is 0. The zero-order valence-corrected chi connectivity index (χ0v) is 24.4. The molecule has 2 heterocycles. The Morgan fingerprint density at radius 2 is 0.864 bits per heavy atom. The van der Waals surface area contributed by atoms with Gasteiger partial charge in [0.25, 0.3) is 0 Å². The highest BCUT2D eigenvalue weighted by Crippen LogP contribution is 2.35. The van der Waals surface area contributed by atoms with Crippen LogP contribution < -0.4 is 0 Å². The lowest BCUT2D eigenvalue weighted by Crippen LogP contribution is -2.00. The van der Waals surface area contributed by atoms with Crippen LogP contribution >= 0.6 is 11.6 Å². The van der Waals surface area contributed by atoms with E-state index in [1.165, 1.54) is 21.8 Å². The van der Waals surface area contributed by atoms with Crippen molar-refractivity contribution in [3.8, 4) is 51.0 Å². The Hall–Kier alpha value is -5.58. The second kappa shape index (κ2) is 10.9. The zero-order valence-electron chi connectivity index (χ0n) is 23.6. The predicted molar refractivity (Wildman–Crippen MR) is 181 cm³/mol. The molecule has 0 aliphatic carbocycles. The maximum atomic E-state index is 6.15. The van der Waals surface area contributed by atoms with Crippen molar-refractivity contribution in [3.63, 3.8) is 0 Å². The van der Waals surface area contributed by atoms with Gasteiger partial charge in [-0.1, -0.05) is 109 Å². The molecular weight excluding hydrogens is 560 g/mol. The average molecular weight is 585 g/mol. The van der Waals surface area contributed by atoms with E-state index in [0.717, 1.165) is 33.5 Å². The monoisotopic (exact) mass is 584 g/mol. The summed E-state index contributed by atoms with van der Waals surface area (Å²) >= 11 is 6.15. The number of nitrogens with zero attached hydrogens (tertiary/aromatic N) is 4. The highest BCUT2D eigenvalue weighted by atomic mass is 35.5. The number of rotatable bonds is 5. The Labute approximate surface area is 259 Å². The Morgan fingerprint density at radius 3 is 1.52 bits per heavy atom. The Kier molecular flexibility index (Phi) is 6.47. The molecule has 8 rings (SSSR count). The zero-order chi connectivity index (χ0) is 29.5. The van der Waals surface area contributed by atoms with Crippen LogP contribution in [0.25, 0.3) is 72.8 Å². The van der Waals surface area contributed by atoms with E-state index in [0.29, 0.717) is 22.5 Å². The van der Waals surface area contributed by atoms with Crippen LogP contribution in [0.1, 0.15) is 0 Å². The number of aromatic nitrogens is 4. The molecule has 208 valence electrons. The second-order valence-corrected chi connectivity index (χ2v) is 11.1. The Bertz CT molecular complexity index is 2260. The summed E-state index contributed by atoms with van der Waals surface area (Å²) in [6.45, 7) is 0. The summed E-state index contributed by atoms with van der Waals surface area (Å²) in [5, 5.41) is 3.13. The van der Waals surface area contributed by atoms with Crippen molar-refractivity contribution < 1.29 is 0 Å². The molecule has 0 unspecified atom stereocenters. The topological polar surface area (TPSA) is 43.6 Å². The average Bonchev–Trinajstić information content (AvgIpc) is 3.43. The number of benzene rings is 6. The second-order valence-electron chi connectivity index (χ2n) is 10.7. The molecule has 0 fully saturated rings. The van der Waals surface area contributed by atoms with Crippen LogP contribution in [0, 0.1) is 0 Å². The molecular formula is C39H25ClN4. The smallest absolute Gasteiger partial charge is 0.164 e. The van der Waals surface area contributed by atoms with Gasteiger partial charge in [0.2, 0.25) is 0 Å². The molecule has 0 bridgehead atoms. The summed E-state index contributed by atoms with van der Waals surface area (Å²) in [4.78, 5) is 14.5. The molecule has 4 nitrogen and oxygen atoms in total. The fraction of sp³-hybridized carbons (Fsp3) is 0. The van der Waals surface area contributed by atoms with Gasteiger partial charge in [-0.25, -0.2) is 15.0 Å². The van der Waals surface area contributed by atoms with Crippen LogP contribution in [-0.2, 0) is 0 Å². The number of fused-ring (bicyclic) bond motifs is 3. The fourth-order valence-corrected chi connectivity index (χ4v) is 5.89. The van der Waals surface area contributed by atoms with Gasteiger partial charge < -0.3 is 4.57 Å². The summed E-state index contributed by atoms with van der Waals surface area (Å²) in [5.41, 5.74) is 8.56. The van der Waals surface area contributed by atoms with Crippen molar-refractivity contribution in [1.29, 1.82) is 0 Å². The minimum Gasteiger partial charge on any atom is -0.309 e. The SMILES string of the molecule is Clc1ccc(-c2nc(-c3ccccc3)nc(-c3ccc(-c4ccc5c(c4)c4ccccc4n5-c4ccccc4)cc3)n2)cc1. The summed E-state index contributed by atoms with van der Waals surface area (Å²) in [5.74, 6) is 1.86. The highest BCUT2D eigenvalue weighted by Gasteiger charge is 2.15. The molecule has 5 heteroatoms. The van der Waals surface area contributed by atoms with E-state index in [2.05, 4.69) is 102 Å². The van der Waals surface area contributed by atoms with Gasteiger partial charge in [-0.05, 0) is 65.7 Å². The molecule has 0 atom stereocenters. The molecule has 2 aromatic heterocycles. The first-order chi connectivity index (χ1) is 21.7. The number of para-hydroxylation sites is 2. The molecule has 0 saturated heterocycles. The van der Waals surface area contributed by atoms with Gasteiger partial charge in [-0.3, -0.25) is 0 Å². The molecule has 0 aliphatic rings. The minimum absolute atomic E-state index is 0.606. The van der Waals surface area contributed by atoms with E-state index in [1.807, 2.05) is 54.6 Å². The van der Waals surface area contributed by atoms with Crippen LogP contribution in [0.5, 0.6) is 0 Å². The maximum Gasteiger partial charge on any atom is 0.164 e. The van der Waals surface area contributed by atoms with Gasteiger partial charge >= 0.3 is 0 Å². The van der Waals surface area contributed by atoms with Gasteiger partial charge in [-0.15, -0.1) is 0 Å². The Balaban J connectivity index is 1.21. The number of halogens is 1. The molecule has 0 aliphatic heterocycles. The molecule has 0 N–H and O–H groups in total. The van der Waals surface area contributed by atoms with Crippen molar-refractivity contribution in [2.24, 2.45) is 0 Å². The Morgan fingerprint density at radius 1 is 0.386 bits per heavy atom. The van der Waals surface area contributed by atoms with Crippen molar-refractivity contribution in [2.45, 2.75) is 0 Å². The van der Waals surface area contributed by atoms with Crippen LogP contribution in [-0.4, -0.2) is 19.5 Å². The highest BCUT2D eigenvalue weighted by molar-refractivity contribution is 6.30. The minimum atomic E-state index is 0.606. The summed E-state index contributed by atoms with van der Waals surface area (Å²) in [6.07, 6.45) is 0. The van der Waals surface area contributed by atoms with E-state index in [9.17, 15) is 0 Å². The maximum absolute atomic E-state index is 6.15. The van der Waals surface area contributed by atoms with Gasteiger partial charge in [0.1, 0.15) is 0 Å². The lowest BCUT2D eigenvalue weighted by molar-refractivity contribution is 1.07. The van der Waals surface area contributed by atoms with Gasteiger partial charge in [-0.2, -0.15) is 0 Å². The summed E-state index contributed by atoms with van der Waals surface area (Å²) in [6, 6.07) is 51.9. The molecule has 0 radical (unpaired) electrons. The first kappa shape index (κ1) is 26.1. The van der Waals surface area contributed by atoms with E-state index in [1.54, 1.807) is 0 Å². The molecule has 0 amide bonds. The van der Waals surface area contributed by atoms with Crippen molar-refractivity contribution >= 4 is 33.4 Å². The van der Waals surface area contributed by atoms with Crippen molar-refractivity contribution in [1.82, 2.24) is 19.5 Å². The van der Waals surface area contributed by atoms with E-state index in [4.69, 9.17) is 26.6 Å². The van der Waals surface area contributed by atoms with Gasteiger partial charge in [0, 0.05) is 38.2 Å². The van der Waals surface area contributed by atoms with Gasteiger partial charge in [0.15, 0.2) is 17.5 Å². The fourth-order valence-electron chi connectivity index (χ4n) is 5.77. The third-order valence-electron chi connectivity index (χ3n) is 7.93. The molecule has 44 heavy (non-hydrogen) atoms. The summed E-state index contributed by atoms with van der Waals surface area (Å²) < 4.78 is 2.33. The quantitative estimate of drug-likeness (QED) is 0.202. The standard InChI is InChI=1S/C39H25ClN4/c40-31-22-19-29(20-23-31)39-42-37(27-9-3-1-4-10-27)41-38(43-39)28-17-15-26(16-18-28)30-21-24-36-34(25-30)33-13-7-8-14-35(33)44(36)32-11-5-2-6-12-32/h1-25H. The number of hydrogen-bond acceptors (Lipinski definition) is 3. The van der Waals surface area contributed by atoms with Crippen molar-refractivity contribution in [2.75, 3.05) is 0 Å². The van der Waals surface area contributed by atoms with E-state index in [-0.39, 0.29) is 0 Å². The third-order valence-corrected chi connectivity index (χ3v) is 8.19. The normalized spacial score (nSPS) is 11.3. The lowest BCUT2D eigenvalue weighted by Gasteiger charge is -2.10. The molecule has 6 aromatic carbocycles. The predicted octanol–water partition coefficient (Wildman–Crippen LogP) is 10.3. The first-order valence-corrected chi connectivity index (χ1v) is 14.9. The molecule has 0 spiro atoms. The van der Waals surface area contributed by atoms with Crippen LogP contribution in [0.4, 0.5) is 0 Å².